The van der Waals surface area contributed by atoms with E-state index in [4.69, 9.17) is 21.7 Å². The number of carboxylic acids is 1. The molecule has 0 aliphatic carbocycles. The Kier molecular flexibility index (Phi) is 4.84. The van der Waals surface area contributed by atoms with Crippen molar-refractivity contribution in [2.45, 2.75) is 12.8 Å². The molecule has 1 fully saturated rings. The molecule has 6 nitrogen and oxygen atoms in total. The van der Waals surface area contributed by atoms with Crippen molar-refractivity contribution in [3.8, 4) is 0 Å². The fourth-order valence-electron chi connectivity index (χ4n) is 1.73. The number of hydrogen-bond donors (Lipinski definition) is 4. The van der Waals surface area contributed by atoms with Crippen molar-refractivity contribution >= 4 is 5.97 Å². The zero-order valence-corrected chi connectivity index (χ0v) is 9.67. The van der Waals surface area contributed by atoms with Crippen molar-refractivity contribution in [2.24, 2.45) is 17.4 Å². The number of piperidine rings is 1. The van der Waals surface area contributed by atoms with Crippen LogP contribution >= 0.6 is 0 Å². The van der Waals surface area contributed by atoms with Crippen molar-refractivity contribution < 1.29 is 15.0 Å². The van der Waals surface area contributed by atoms with Gasteiger partial charge in [-0.15, -0.1) is 0 Å². The Morgan fingerprint density at radius 2 is 1.88 bits per heavy atom. The average Bonchev–Trinajstić information content (AvgIpc) is 2.35. The molecule has 0 atom stereocenters. The number of carbonyl (C=O) groups is 1. The predicted octanol–water partition coefficient (Wildman–Crippen LogP) is -0.582. The summed E-state index contributed by atoms with van der Waals surface area (Å²) in [5.74, 6) is -0.308. The molecular formula is C11H19N3O3. The van der Waals surface area contributed by atoms with Crippen LogP contribution in [0.5, 0.6) is 0 Å². The Labute approximate surface area is 100 Å². The second-order valence-electron chi connectivity index (χ2n) is 4.13. The van der Waals surface area contributed by atoms with Crippen LogP contribution in [0.2, 0.25) is 0 Å². The SMILES string of the molecule is N/C(=C\C=C(/N)N1CCC(CO)CC1)C(=O)O. The van der Waals surface area contributed by atoms with Gasteiger partial charge in [-0.3, -0.25) is 0 Å². The highest BCUT2D eigenvalue weighted by Gasteiger charge is 2.18. The van der Waals surface area contributed by atoms with Gasteiger partial charge in [-0.25, -0.2) is 4.79 Å². The summed E-state index contributed by atoms with van der Waals surface area (Å²) in [7, 11) is 0. The lowest BCUT2D eigenvalue weighted by Crippen LogP contribution is -2.36. The molecule has 6 N–H and O–H groups in total. The van der Waals surface area contributed by atoms with E-state index in [-0.39, 0.29) is 12.3 Å². The van der Waals surface area contributed by atoms with Gasteiger partial charge >= 0.3 is 5.97 Å². The molecule has 0 unspecified atom stereocenters. The summed E-state index contributed by atoms with van der Waals surface area (Å²) in [4.78, 5) is 12.4. The normalized spacial score (nSPS) is 19.5. The minimum Gasteiger partial charge on any atom is -0.477 e. The third-order valence-electron chi connectivity index (χ3n) is 2.92. The predicted molar refractivity (Wildman–Crippen MR) is 63.6 cm³/mol. The Morgan fingerprint density at radius 1 is 1.29 bits per heavy atom. The standard InChI is InChI=1S/C11H19N3O3/c12-9(11(16)17)1-2-10(13)14-5-3-8(7-15)4-6-14/h1-2,8,15H,3-7,12-13H2,(H,16,17)/b9-1-,10-2+. The van der Waals surface area contributed by atoms with E-state index in [1.807, 2.05) is 4.90 Å². The van der Waals surface area contributed by atoms with Crippen LogP contribution in [0.25, 0.3) is 0 Å². The Hall–Kier alpha value is -1.69. The number of carboxylic acid groups (broad SMARTS) is 1. The zero-order valence-electron chi connectivity index (χ0n) is 9.67. The van der Waals surface area contributed by atoms with E-state index in [0.29, 0.717) is 11.7 Å². The minimum atomic E-state index is -1.16. The maximum atomic E-state index is 10.5. The van der Waals surface area contributed by atoms with Crippen LogP contribution < -0.4 is 11.5 Å². The number of likely N-dealkylation sites (tertiary alicyclic amines) is 1. The second kappa shape index (κ2) is 6.15. The lowest BCUT2D eigenvalue weighted by Gasteiger charge is -2.32. The molecule has 0 aromatic carbocycles. The van der Waals surface area contributed by atoms with Crippen molar-refractivity contribution in [2.75, 3.05) is 19.7 Å². The molecule has 0 aromatic rings. The van der Waals surface area contributed by atoms with Gasteiger partial charge < -0.3 is 26.6 Å². The van der Waals surface area contributed by atoms with Gasteiger partial charge in [-0.05, 0) is 30.9 Å². The molecule has 17 heavy (non-hydrogen) atoms. The van der Waals surface area contributed by atoms with Crippen LogP contribution in [0.3, 0.4) is 0 Å². The molecule has 0 amide bonds. The fraction of sp³-hybridized carbons (Fsp3) is 0.545. The van der Waals surface area contributed by atoms with Gasteiger partial charge in [0.15, 0.2) is 0 Å². The van der Waals surface area contributed by atoms with Gasteiger partial charge in [-0.1, -0.05) is 0 Å². The third-order valence-corrected chi connectivity index (χ3v) is 2.92. The van der Waals surface area contributed by atoms with Crippen LogP contribution in [0.1, 0.15) is 12.8 Å². The number of allylic oxidation sites excluding steroid dienone is 2. The van der Waals surface area contributed by atoms with Gasteiger partial charge in [0.1, 0.15) is 5.70 Å². The zero-order chi connectivity index (χ0) is 12.8. The first-order valence-electron chi connectivity index (χ1n) is 5.56. The molecule has 1 saturated heterocycles. The molecule has 1 aliphatic heterocycles. The minimum absolute atomic E-state index is 0.212. The first kappa shape index (κ1) is 13.4. The van der Waals surface area contributed by atoms with Crippen molar-refractivity contribution in [1.29, 1.82) is 0 Å². The summed E-state index contributed by atoms with van der Waals surface area (Å²) in [6.45, 7) is 1.76. The van der Waals surface area contributed by atoms with Gasteiger partial charge in [0.2, 0.25) is 0 Å². The number of nitrogens with two attached hydrogens (primary N) is 2. The summed E-state index contributed by atoms with van der Waals surface area (Å²) in [5, 5.41) is 17.6. The maximum Gasteiger partial charge on any atom is 0.351 e. The summed E-state index contributed by atoms with van der Waals surface area (Å²) < 4.78 is 0. The molecular weight excluding hydrogens is 222 g/mol. The smallest absolute Gasteiger partial charge is 0.351 e. The van der Waals surface area contributed by atoms with Gasteiger partial charge in [0.05, 0.1) is 5.82 Å². The fourth-order valence-corrected chi connectivity index (χ4v) is 1.73. The van der Waals surface area contributed by atoms with Gasteiger partial charge in [-0.2, -0.15) is 0 Å². The van der Waals surface area contributed by atoms with Gasteiger partial charge in [0.25, 0.3) is 0 Å². The lowest BCUT2D eigenvalue weighted by molar-refractivity contribution is -0.132. The van der Waals surface area contributed by atoms with E-state index in [1.54, 1.807) is 0 Å². The van der Waals surface area contributed by atoms with Gasteiger partial charge in [0, 0.05) is 19.7 Å². The number of aliphatic hydroxyl groups excluding tert-OH is 1. The van der Waals surface area contributed by atoms with E-state index >= 15 is 0 Å². The summed E-state index contributed by atoms with van der Waals surface area (Å²) in [6, 6.07) is 0. The monoisotopic (exact) mass is 241 g/mol. The summed E-state index contributed by atoms with van der Waals surface area (Å²) in [5.41, 5.74) is 10.8. The van der Waals surface area contributed by atoms with Crippen LogP contribution in [-0.4, -0.2) is 40.8 Å². The Bertz CT molecular complexity index is 331. The van der Waals surface area contributed by atoms with Crippen LogP contribution in [-0.2, 0) is 4.79 Å². The molecule has 0 bridgehead atoms. The third kappa shape index (κ3) is 3.99. The van der Waals surface area contributed by atoms with Crippen molar-refractivity contribution in [3.05, 3.63) is 23.7 Å². The van der Waals surface area contributed by atoms with Crippen LogP contribution in [0.4, 0.5) is 0 Å². The topological polar surface area (TPSA) is 113 Å². The van der Waals surface area contributed by atoms with E-state index in [9.17, 15) is 4.79 Å². The highest BCUT2D eigenvalue weighted by Crippen LogP contribution is 2.18. The average molecular weight is 241 g/mol. The Morgan fingerprint density at radius 3 is 2.35 bits per heavy atom. The van der Waals surface area contributed by atoms with Crippen LogP contribution in [0, 0.1) is 5.92 Å². The number of rotatable bonds is 4. The quantitative estimate of drug-likeness (QED) is 0.387. The van der Waals surface area contributed by atoms with Crippen molar-refractivity contribution in [3.63, 3.8) is 0 Å². The molecule has 0 aromatic heterocycles. The number of nitrogens with zero attached hydrogens (tertiary/aromatic N) is 1. The summed E-state index contributed by atoms with van der Waals surface area (Å²) in [6.07, 6.45) is 4.57. The molecule has 96 valence electrons. The maximum absolute atomic E-state index is 10.5. The largest absolute Gasteiger partial charge is 0.477 e. The number of aliphatic hydroxyl groups is 1. The molecule has 0 radical (unpaired) electrons. The molecule has 0 saturated carbocycles. The van der Waals surface area contributed by atoms with Crippen molar-refractivity contribution in [1.82, 2.24) is 4.90 Å². The van der Waals surface area contributed by atoms with E-state index in [0.717, 1.165) is 25.9 Å². The highest BCUT2D eigenvalue weighted by molar-refractivity contribution is 5.85. The molecule has 1 rings (SSSR count). The second-order valence-corrected chi connectivity index (χ2v) is 4.13. The Balaban J connectivity index is 2.54. The van der Waals surface area contributed by atoms with E-state index in [1.165, 1.54) is 12.2 Å². The summed E-state index contributed by atoms with van der Waals surface area (Å²) >= 11 is 0. The highest BCUT2D eigenvalue weighted by atomic mass is 16.4. The molecule has 1 aliphatic rings. The number of hydrogen-bond acceptors (Lipinski definition) is 5. The number of aliphatic carboxylic acids is 1. The first-order chi connectivity index (χ1) is 8.04. The molecule has 0 spiro atoms. The molecule has 1 heterocycles. The molecule has 6 heteroatoms. The van der Waals surface area contributed by atoms with E-state index in [2.05, 4.69) is 0 Å². The lowest BCUT2D eigenvalue weighted by atomic mass is 9.98. The van der Waals surface area contributed by atoms with Crippen LogP contribution in [0.15, 0.2) is 23.7 Å². The van der Waals surface area contributed by atoms with E-state index < -0.39 is 5.97 Å². The first-order valence-corrected chi connectivity index (χ1v) is 5.56.